The predicted molar refractivity (Wildman–Crippen MR) is 62.6 cm³/mol. The van der Waals surface area contributed by atoms with Gasteiger partial charge in [0.25, 0.3) is 0 Å². The zero-order chi connectivity index (χ0) is 11.0. The van der Waals surface area contributed by atoms with Crippen LogP contribution >= 0.6 is 12.4 Å². The predicted octanol–water partition coefficient (Wildman–Crippen LogP) is 0.815. The monoisotopic (exact) mass is 249 g/mol. The summed E-state index contributed by atoms with van der Waals surface area (Å²) in [7, 11) is 2.04. The Bertz CT molecular complexity index is 262. The molecule has 0 aromatic rings. The van der Waals surface area contributed by atoms with Gasteiger partial charge >= 0.3 is 5.97 Å². The maximum atomic E-state index is 11.7. The Kier molecular flexibility index (Phi) is 4.59. The first-order valence-electron chi connectivity index (χ1n) is 5.71. The Morgan fingerprint density at radius 1 is 1.50 bits per heavy atom. The van der Waals surface area contributed by atoms with Crippen molar-refractivity contribution in [2.75, 3.05) is 13.7 Å². The largest absolute Gasteiger partial charge is 0.466 e. The summed E-state index contributed by atoms with van der Waals surface area (Å²) in [6, 6.07) is 0.633. The van der Waals surface area contributed by atoms with E-state index in [1.807, 2.05) is 7.05 Å². The number of aliphatic hydroxyl groups is 1. The summed E-state index contributed by atoms with van der Waals surface area (Å²) in [5, 5.41) is 9.94. The lowest BCUT2D eigenvalue weighted by Gasteiger charge is -2.39. The maximum Gasteiger partial charge on any atom is 0.313 e. The summed E-state index contributed by atoms with van der Waals surface area (Å²) in [6.45, 7) is 2.19. The van der Waals surface area contributed by atoms with E-state index in [9.17, 15) is 9.90 Å². The Hall–Kier alpha value is -0.320. The quantitative estimate of drug-likeness (QED) is 0.736. The van der Waals surface area contributed by atoms with Crippen LogP contribution in [0.25, 0.3) is 0 Å². The van der Waals surface area contributed by atoms with Crippen LogP contribution in [-0.2, 0) is 9.53 Å². The van der Waals surface area contributed by atoms with E-state index in [1.165, 1.54) is 0 Å². The lowest BCUT2D eigenvalue weighted by Crippen LogP contribution is -2.52. The molecule has 2 aliphatic rings. The molecule has 0 unspecified atom stereocenters. The lowest BCUT2D eigenvalue weighted by molar-refractivity contribution is -0.158. The van der Waals surface area contributed by atoms with Crippen molar-refractivity contribution >= 4 is 18.4 Å². The molecule has 16 heavy (non-hydrogen) atoms. The van der Waals surface area contributed by atoms with Crippen LogP contribution in [0.5, 0.6) is 0 Å². The van der Waals surface area contributed by atoms with Gasteiger partial charge in [-0.15, -0.1) is 12.4 Å². The first-order chi connectivity index (χ1) is 7.15. The van der Waals surface area contributed by atoms with Crippen LogP contribution in [-0.4, -0.2) is 47.8 Å². The third kappa shape index (κ3) is 2.19. The second-order valence-corrected chi connectivity index (χ2v) is 4.54. The molecule has 2 fully saturated rings. The molecule has 4 nitrogen and oxygen atoms in total. The minimum Gasteiger partial charge on any atom is -0.466 e. The topological polar surface area (TPSA) is 49.8 Å². The Labute approximate surface area is 102 Å². The molecule has 2 bridgehead atoms. The first-order valence-corrected chi connectivity index (χ1v) is 5.71. The van der Waals surface area contributed by atoms with Crippen LogP contribution in [0.15, 0.2) is 0 Å². The highest BCUT2D eigenvalue weighted by Crippen LogP contribution is 2.38. The number of fused-ring (bicyclic) bond motifs is 2. The number of ether oxygens (including phenoxy) is 1. The average molecular weight is 250 g/mol. The van der Waals surface area contributed by atoms with Gasteiger partial charge in [0.15, 0.2) is 0 Å². The van der Waals surface area contributed by atoms with E-state index in [4.69, 9.17) is 4.74 Å². The average Bonchev–Trinajstić information content (AvgIpc) is 2.46. The van der Waals surface area contributed by atoms with Gasteiger partial charge in [0.05, 0.1) is 18.6 Å². The summed E-state index contributed by atoms with van der Waals surface area (Å²) in [5.74, 6) is -0.573. The van der Waals surface area contributed by atoms with Crippen LogP contribution in [0.3, 0.4) is 0 Å². The molecule has 5 heteroatoms. The molecule has 2 saturated heterocycles. The van der Waals surface area contributed by atoms with Crippen molar-refractivity contribution in [3.05, 3.63) is 0 Å². The summed E-state index contributed by atoms with van der Waals surface area (Å²) in [5.41, 5.74) is 0. The fourth-order valence-electron chi connectivity index (χ4n) is 2.99. The third-order valence-corrected chi connectivity index (χ3v) is 3.80. The SMILES string of the molecule is CCOC(=O)[C@@H]1[C@H]2CC[C@@H](C[C@@H]1O)N2C.Cl. The fourth-order valence-corrected chi connectivity index (χ4v) is 2.99. The molecule has 0 amide bonds. The standard InChI is InChI=1S/C11H19NO3.ClH/c1-3-15-11(14)10-8-5-4-7(12(8)2)6-9(10)13;/h7-10,13H,3-6H2,1-2H3;1H/t7-,8+,9-,10+;/m0./s1. The summed E-state index contributed by atoms with van der Waals surface area (Å²) < 4.78 is 5.03. The van der Waals surface area contributed by atoms with E-state index in [2.05, 4.69) is 4.90 Å². The van der Waals surface area contributed by atoms with Crippen molar-refractivity contribution in [1.82, 2.24) is 4.90 Å². The van der Waals surface area contributed by atoms with Crippen LogP contribution < -0.4 is 0 Å². The van der Waals surface area contributed by atoms with Gasteiger partial charge in [0.1, 0.15) is 0 Å². The number of carbonyl (C=O) groups excluding carboxylic acids is 1. The van der Waals surface area contributed by atoms with Crippen molar-refractivity contribution in [3.63, 3.8) is 0 Å². The smallest absolute Gasteiger partial charge is 0.313 e. The highest BCUT2D eigenvalue weighted by Gasteiger charge is 2.48. The number of hydrogen-bond donors (Lipinski definition) is 1. The first kappa shape index (κ1) is 13.7. The second kappa shape index (κ2) is 5.34. The van der Waals surface area contributed by atoms with E-state index in [0.717, 1.165) is 12.8 Å². The molecule has 2 heterocycles. The van der Waals surface area contributed by atoms with Crippen molar-refractivity contribution in [1.29, 1.82) is 0 Å². The van der Waals surface area contributed by atoms with Gasteiger partial charge < -0.3 is 9.84 Å². The van der Waals surface area contributed by atoms with E-state index >= 15 is 0 Å². The normalized spacial score (nSPS) is 37.9. The van der Waals surface area contributed by atoms with Gasteiger partial charge in [0, 0.05) is 12.1 Å². The number of nitrogens with zero attached hydrogens (tertiary/aromatic N) is 1. The van der Waals surface area contributed by atoms with Crippen molar-refractivity contribution < 1.29 is 14.6 Å². The minimum atomic E-state index is -0.516. The molecule has 94 valence electrons. The third-order valence-electron chi connectivity index (χ3n) is 3.80. The van der Waals surface area contributed by atoms with E-state index in [-0.39, 0.29) is 30.3 Å². The summed E-state index contributed by atoms with van der Waals surface area (Å²) in [6.07, 6.45) is 2.28. The molecule has 4 atom stereocenters. The molecule has 0 aromatic carbocycles. The van der Waals surface area contributed by atoms with Gasteiger partial charge in [-0.1, -0.05) is 0 Å². The van der Waals surface area contributed by atoms with Crippen LogP contribution in [0.4, 0.5) is 0 Å². The molecule has 2 aliphatic heterocycles. The number of carbonyl (C=O) groups is 1. The summed E-state index contributed by atoms with van der Waals surface area (Å²) >= 11 is 0. The van der Waals surface area contributed by atoms with E-state index in [0.29, 0.717) is 19.1 Å². The zero-order valence-electron chi connectivity index (χ0n) is 9.76. The van der Waals surface area contributed by atoms with Gasteiger partial charge in [-0.3, -0.25) is 9.69 Å². The molecule has 0 saturated carbocycles. The molecule has 0 aromatic heterocycles. The molecule has 0 spiro atoms. The maximum absolute atomic E-state index is 11.7. The number of halogens is 1. The number of aliphatic hydroxyl groups excluding tert-OH is 1. The Morgan fingerprint density at radius 3 is 2.81 bits per heavy atom. The van der Waals surface area contributed by atoms with Crippen molar-refractivity contribution in [2.24, 2.45) is 5.92 Å². The molecule has 1 N–H and O–H groups in total. The summed E-state index contributed by atoms with van der Waals surface area (Å²) in [4.78, 5) is 14.0. The van der Waals surface area contributed by atoms with Gasteiger partial charge in [0.2, 0.25) is 0 Å². The zero-order valence-corrected chi connectivity index (χ0v) is 10.6. The van der Waals surface area contributed by atoms with Crippen molar-refractivity contribution in [3.8, 4) is 0 Å². The van der Waals surface area contributed by atoms with E-state index in [1.54, 1.807) is 6.92 Å². The number of piperidine rings is 1. The Morgan fingerprint density at radius 2 is 2.19 bits per heavy atom. The molecule has 2 rings (SSSR count). The fraction of sp³-hybridized carbons (Fsp3) is 0.909. The van der Waals surface area contributed by atoms with Crippen LogP contribution in [0.2, 0.25) is 0 Å². The van der Waals surface area contributed by atoms with E-state index < -0.39 is 6.10 Å². The molecular weight excluding hydrogens is 230 g/mol. The van der Waals surface area contributed by atoms with Gasteiger partial charge in [-0.2, -0.15) is 0 Å². The van der Waals surface area contributed by atoms with Gasteiger partial charge in [-0.05, 0) is 33.2 Å². The molecule has 0 aliphatic carbocycles. The number of esters is 1. The van der Waals surface area contributed by atoms with Crippen LogP contribution in [0, 0.1) is 5.92 Å². The molecule has 0 radical (unpaired) electrons. The minimum absolute atomic E-state index is 0. The number of rotatable bonds is 2. The van der Waals surface area contributed by atoms with Crippen LogP contribution in [0.1, 0.15) is 26.2 Å². The number of hydrogen-bond acceptors (Lipinski definition) is 4. The molecular formula is C11H20ClNO3. The highest BCUT2D eigenvalue weighted by molar-refractivity contribution is 5.85. The van der Waals surface area contributed by atoms with Gasteiger partial charge in [-0.25, -0.2) is 0 Å². The highest BCUT2D eigenvalue weighted by atomic mass is 35.5. The lowest BCUT2D eigenvalue weighted by atomic mass is 9.88. The van der Waals surface area contributed by atoms with Crippen molar-refractivity contribution in [2.45, 2.75) is 44.4 Å². The second-order valence-electron chi connectivity index (χ2n) is 4.54. The Balaban J connectivity index is 0.00000128.